The Hall–Kier alpha value is -1.96. The third-order valence-electron chi connectivity index (χ3n) is 6.22. The van der Waals surface area contributed by atoms with E-state index in [1.807, 2.05) is 4.90 Å². The number of nitrogens with one attached hydrogen (secondary N) is 1. The van der Waals surface area contributed by atoms with Crippen LogP contribution >= 0.6 is 34.6 Å². The van der Waals surface area contributed by atoms with Crippen molar-refractivity contribution >= 4 is 46.5 Å². The monoisotopic (exact) mass is 554 g/mol. The fraction of sp³-hybridized carbons (Fsp3) is 0.476. The highest BCUT2D eigenvalue weighted by atomic mass is 35.5. The predicted molar refractivity (Wildman–Crippen MR) is 131 cm³/mol. The van der Waals surface area contributed by atoms with Gasteiger partial charge in [-0.15, -0.1) is 12.4 Å². The second kappa shape index (κ2) is 11.0. The first-order valence-electron chi connectivity index (χ1n) is 10.7. The van der Waals surface area contributed by atoms with Gasteiger partial charge in [-0.2, -0.15) is 10.6 Å². The number of rotatable bonds is 6. The van der Waals surface area contributed by atoms with Crippen LogP contribution in [0.4, 0.5) is 19.4 Å². The number of aromatic nitrogens is 2. The molecule has 35 heavy (non-hydrogen) atoms. The normalized spacial score (nSPS) is 19.0. The van der Waals surface area contributed by atoms with Crippen LogP contribution in [0.15, 0.2) is 12.1 Å². The summed E-state index contributed by atoms with van der Waals surface area (Å²) in [4.78, 5) is 21.8. The van der Waals surface area contributed by atoms with Gasteiger partial charge in [0.05, 0.1) is 27.8 Å². The van der Waals surface area contributed by atoms with Gasteiger partial charge in [0.25, 0.3) is 0 Å². The van der Waals surface area contributed by atoms with Crippen LogP contribution in [0.3, 0.4) is 0 Å². The van der Waals surface area contributed by atoms with E-state index in [4.69, 9.17) is 16.7 Å². The van der Waals surface area contributed by atoms with Crippen LogP contribution in [-0.4, -0.2) is 61.1 Å². The molecule has 0 saturated carbocycles. The molecule has 0 radical (unpaired) electrons. The summed E-state index contributed by atoms with van der Waals surface area (Å²) >= 11 is 5.67. The number of amides is 1. The van der Waals surface area contributed by atoms with Crippen molar-refractivity contribution in [3.8, 4) is 11.4 Å². The maximum atomic E-state index is 14.6. The van der Waals surface area contributed by atoms with E-state index in [1.165, 1.54) is 0 Å². The first-order chi connectivity index (χ1) is 16.1. The minimum atomic E-state index is -2.96. The van der Waals surface area contributed by atoms with Crippen LogP contribution in [0.2, 0.25) is 5.02 Å². The highest BCUT2D eigenvalue weighted by Crippen LogP contribution is 2.54. The number of carboxylic acid groups (broad SMARTS) is 1. The summed E-state index contributed by atoms with van der Waals surface area (Å²) in [5, 5.41) is 20.5. The molecule has 2 aromatic rings. The van der Waals surface area contributed by atoms with Crippen molar-refractivity contribution in [2.45, 2.75) is 36.8 Å². The van der Waals surface area contributed by atoms with E-state index in [0.29, 0.717) is 49.4 Å². The average molecular weight is 555 g/mol. The second-order valence-corrected chi connectivity index (χ2v) is 11.1. The molecule has 1 fully saturated rings. The van der Waals surface area contributed by atoms with Gasteiger partial charge in [0.2, 0.25) is 0 Å². The number of aliphatic hydroxyl groups excluding tert-OH is 1. The van der Waals surface area contributed by atoms with Gasteiger partial charge in [0.15, 0.2) is 5.82 Å². The van der Waals surface area contributed by atoms with E-state index in [9.17, 15) is 27.8 Å². The second-order valence-electron chi connectivity index (χ2n) is 8.53. The molecule has 2 aliphatic rings. The number of fused-ring (bicyclic) bond motifs is 1. The fourth-order valence-corrected chi connectivity index (χ4v) is 6.29. The smallest absolute Gasteiger partial charge is 0.404 e. The number of halogens is 4. The molecule has 1 atom stereocenters. The third-order valence-corrected chi connectivity index (χ3v) is 8.00. The Balaban J connectivity index is 0.00000342. The minimum Gasteiger partial charge on any atom is -0.465 e. The number of carbonyl (C=O) groups is 1. The lowest BCUT2D eigenvalue weighted by atomic mass is 9.87. The van der Waals surface area contributed by atoms with Crippen LogP contribution in [-0.2, 0) is 11.5 Å². The molecule has 0 bridgehead atoms. The average Bonchev–Trinajstić information content (AvgIpc) is 3.09. The van der Waals surface area contributed by atoms with Crippen molar-refractivity contribution in [2.24, 2.45) is 5.92 Å². The van der Waals surface area contributed by atoms with E-state index in [1.54, 1.807) is 0 Å². The molecule has 1 aromatic heterocycles. The SMILES string of the molecule is Cl.O=C(O)NC(CCO)C1CCN(c2nc(-c3cc(F)c(Cl)cc3F)nc3c2CS(O)(O)C3)CC1. The summed E-state index contributed by atoms with van der Waals surface area (Å²) in [5.41, 5.74) is 0.757. The van der Waals surface area contributed by atoms with Crippen LogP contribution in [0.1, 0.15) is 30.5 Å². The minimum absolute atomic E-state index is 0. The predicted octanol–water partition coefficient (Wildman–Crippen LogP) is 4.50. The Bertz CT molecular complexity index is 1110. The molecule has 194 valence electrons. The first-order valence-corrected chi connectivity index (χ1v) is 13.0. The third kappa shape index (κ3) is 6.07. The number of aliphatic hydroxyl groups is 1. The number of hydrogen-bond donors (Lipinski definition) is 5. The molecule has 4 rings (SSSR count). The molecular formula is C21H26Cl2F2N4O5S. The van der Waals surface area contributed by atoms with E-state index in [-0.39, 0.29) is 52.8 Å². The maximum absolute atomic E-state index is 14.6. The molecule has 2 aliphatic heterocycles. The van der Waals surface area contributed by atoms with Crippen molar-refractivity contribution in [2.75, 3.05) is 24.6 Å². The van der Waals surface area contributed by atoms with Crippen LogP contribution < -0.4 is 10.2 Å². The zero-order chi connectivity index (χ0) is 24.6. The zero-order valence-electron chi connectivity index (χ0n) is 18.5. The fourth-order valence-electron chi connectivity index (χ4n) is 4.60. The van der Waals surface area contributed by atoms with Gasteiger partial charge in [-0.05, 0) is 37.3 Å². The number of nitrogens with zero attached hydrogens (tertiary/aromatic N) is 3. The molecule has 0 spiro atoms. The Kier molecular flexibility index (Phi) is 8.66. The maximum Gasteiger partial charge on any atom is 0.404 e. The topological polar surface area (TPSA) is 139 Å². The molecule has 5 N–H and O–H groups in total. The Morgan fingerprint density at radius 2 is 1.89 bits per heavy atom. The lowest BCUT2D eigenvalue weighted by molar-refractivity contribution is 0.170. The van der Waals surface area contributed by atoms with Crippen LogP contribution in [0.5, 0.6) is 0 Å². The van der Waals surface area contributed by atoms with Gasteiger partial charge in [-0.1, -0.05) is 11.6 Å². The van der Waals surface area contributed by atoms with E-state index in [0.717, 1.165) is 12.1 Å². The summed E-state index contributed by atoms with van der Waals surface area (Å²) in [6.45, 7) is 0.815. The van der Waals surface area contributed by atoms with Crippen molar-refractivity contribution in [3.63, 3.8) is 0 Å². The Morgan fingerprint density at radius 3 is 2.51 bits per heavy atom. The lowest BCUT2D eigenvalue weighted by Crippen LogP contribution is -2.46. The molecule has 1 amide bonds. The number of piperidine rings is 1. The molecule has 1 saturated heterocycles. The molecule has 9 nitrogen and oxygen atoms in total. The molecule has 3 heterocycles. The standard InChI is InChI=1S/C21H25ClF2N4O5S.ClH/c22-14-8-15(23)12(7-16(14)24)19-25-18-10-34(32,33)9-13(18)20(27-19)28-4-1-11(2-5-28)17(3-6-29)26-21(30)31;/h7-8,11,17,26,29,32-33H,1-6,9-10H2,(H,30,31);1H. The summed E-state index contributed by atoms with van der Waals surface area (Å²) < 4.78 is 49.3. The van der Waals surface area contributed by atoms with Crippen LogP contribution in [0.25, 0.3) is 11.4 Å². The summed E-state index contributed by atoms with van der Waals surface area (Å²) in [6, 6.07) is 1.37. The summed E-state index contributed by atoms with van der Waals surface area (Å²) in [5.74, 6) is -1.40. The number of hydrogen-bond acceptors (Lipinski definition) is 7. The lowest BCUT2D eigenvalue weighted by Gasteiger charge is -2.37. The van der Waals surface area contributed by atoms with Crippen molar-refractivity contribution in [1.29, 1.82) is 0 Å². The van der Waals surface area contributed by atoms with Crippen molar-refractivity contribution in [3.05, 3.63) is 40.0 Å². The van der Waals surface area contributed by atoms with Gasteiger partial charge >= 0.3 is 6.09 Å². The van der Waals surface area contributed by atoms with E-state index < -0.39 is 34.4 Å². The zero-order valence-corrected chi connectivity index (χ0v) is 20.8. The van der Waals surface area contributed by atoms with E-state index in [2.05, 4.69) is 15.3 Å². The Labute approximate surface area is 213 Å². The van der Waals surface area contributed by atoms with Gasteiger partial charge in [0, 0.05) is 31.3 Å². The molecular weight excluding hydrogens is 529 g/mol. The van der Waals surface area contributed by atoms with Gasteiger partial charge < -0.3 is 20.4 Å². The van der Waals surface area contributed by atoms with Crippen LogP contribution in [0, 0.1) is 17.6 Å². The highest BCUT2D eigenvalue weighted by Gasteiger charge is 2.35. The van der Waals surface area contributed by atoms with E-state index >= 15 is 0 Å². The van der Waals surface area contributed by atoms with Gasteiger partial charge in [0.1, 0.15) is 17.5 Å². The molecule has 1 aromatic carbocycles. The molecule has 0 aliphatic carbocycles. The largest absolute Gasteiger partial charge is 0.465 e. The Morgan fingerprint density at radius 1 is 1.20 bits per heavy atom. The van der Waals surface area contributed by atoms with Gasteiger partial charge in [-0.3, -0.25) is 9.11 Å². The highest BCUT2D eigenvalue weighted by molar-refractivity contribution is 8.23. The van der Waals surface area contributed by atoms with Crippen molar-refractivity contribution < 1.29 is 32.9 Å². The number of anilines is 1. The molecule has 14 heteroatoms. The van der Waals surface area contributed by atoms with Gasteiger partial charge in [-0.25, -0.2) is 23.5 Å². The summed E-state index contributed by atoms with van der Waals surface area (Å²) in [6.07, 6.45) is 0.340. The first kappa shape index (κ1) is 27.6. The summed E-state index contributed by atoms with van der Waals surface area (Å²) in [7, 11) is -2.96. The quantitative estimate of drug-likeness (QED) is 0.329. The number of benzene rings is 1. The molecule has 1 unspecified atom stereocenters. The van der Waals surface area contributed by atoms with Crippen molar-refractivity contribution in [1.82, 2.24) is 15.3 Å².